The van der Waals surface area contributed by atoms with Crippen molar-refractivity contribution in [1.29, 1.82) is 0 Å². The van der Waals surface area contributed by atoms with Gasteiger partial charge in [-0.05, 0) is 36.4 Å². The van der Waals surface area contributed by atoms with Crippen molar-refractivity contribution in [2.75, 3.05) is 25.1 Å². The molecule has 0 aromatic heterocycles. The van der Waals surface area contributed by atoms with Gasteiger partial charge in [-0.3, -0.25) is 9.10 Å². The van der Waals surface area contributed by atoms with Crippen LogP contribution in [0.25, 0.3) is 0 Å². The molecular weight excluding hydrogens is 385 g/mol. The van der Waals surface area contributed by atoms with Crippen LogP contribution in [-0.2, 0) is 19.6 Å². The van der Waals surface area contributed by atoms with Crippen molar-refractivity contribution in [3.05, 3.63) is 53.3 Å². The van der Waals surface area contributed by atoms with Crippen molar-refractivity contribution in [2.24, 2.45) is 0 Å². The summed E-state index contributed by atoms with van der Waals surface area (Å²) in [7, 11) is -1.49. The molecule has 0 radical (unpaired) electrons. The first kappa shape index (κ1) is 20.0. The molecule has 2 aromatic rings. The minimum atomic E-state index is -4.10. The summed E-state index contributed by atoms with van der Waals surface area (Å²) < 4.78 is 50.2. The van der Waals surface area contributed by atoms with Gasteiger partial charge in [0, 0.05) is 6.54 Å². The van der Waals surface area contributed by atoms with Gasteiger partial charge in [-0.25, -0.2) is 12.8 Å². The number of anilines is 1. The van der Waals surface area contributed by atoms with Gasteiger partial charge in [0.05, 0.1) is 36.2 Å². The largest absolute Gasteiger partial charge is 0.495 e. The molecule has 0 aliphatic rings. The minimum absolute atomic E-state index is 0.0841. The highest BCUT2D eigenvalue weighted by Crippen LogP contribution is 2.30. The SMILES string of the molecule is COC(=O)CCN(c1cccc(F)c1)S(=O)(=O)c1ccc(OC)c(Cl)c1. The number of carbonyl (C=O) groups is 1. The zero-order chi connectivity index (χ0) is 19.3. The van der Waals surface area contributed by atoms with Gasteiger partial charge in [-0.2, -0.15) is 0 Å². The third kappa shape index (κ3) is 4.44. The first-order valence-corrected chi connectivity index (χ1v) is 9.30. The lowest BCUT2D eigenvalue weighted by atomic mass is 10.3. The normalized spacial score (nSPS) is 11.1. The van der Waals surface area contributed by atoms with Crippen LogP contribution in [0, 0.1) is 5.82 Å². The average Bonchev–Trinajstić information content (AvgIpc) is 2.61. The van der Waals surface area contributed by atoms with Crippen molar-refractivity contribution in [1.82, 2.24) is 0 Å². The number of hydrogen-bond donors (Lipinski definition) is 0. The van der Waals surface area contributed by atoms with Crippen molar-refractivity contribution < 1.29 is 27.1 Å². The number of sulfonamides is 1. The Morgan fingerprint density at radius 3 is 2.50 bits per heavy atom. The van der Waals surface area contributed by atoms with Gasteiger partial charge < -0.3 is 9.47 Å². The molecule has 6 nitrogen and oxygen atoms in total. The van der Waals surface area contributed by atoms with Crippen LogP contribution >= 0.6 is 11.6 Å². The molecule has 9 heteroatoms. The summed E-state index contributed by atoms with van der Waals surface area (Å²) >= 11 is 6.02. The maximum absolute atomic E-state index is 13.6. The van der Waals surface area contributed by atoms with Gasteiger partial charge >= 0.3 is 5.97 Å². The Labute approximate surface area is 156 Å². The topological polar surface area (TPSA) is 72.9 Å². The summed E-state index contributed by atoms with van der Waals surface area (Å²) in [6.45, 7) is -0.220. The van der Waals surface area contributed by atoms with Crippen LogP contribution in [0.5, 0.6) is 5.75 Å². The summed E-state index contributed by atoms with van der Waals surface area (Å²) in [6, 6.07) is 9.05. The lowest BCUT2D eigenvalue weighted by Crippen LogP contribution is -2.33. The second-order valence-electron chi connectivity index (χ2n) is 5.18. The monoisotopic (exact) mass is 401 g/mol. The van der Waals surface area contributed by atoms with Gasteiger partial charge in [0.1, 0.15) is 11.6 Å². The Kier molecular flexibility index (Phi) is 6.44. The first-order chi connectivity index (χ1) is 12.3. The molecule has 0 aliphatic heterocycles. The Bertz CT molecular complexity index is 904. The lowest BCUT2D eigenvalue weighted by Gasteiger charge is -2.24. The van der Waals surface area contributed by atoms with E-state index in [9.17, 15) is 17.6 Å². The molecule has 2 rings (SSSR count). The standard InChI is InChI=1S/C17H17ClFNO5S/c1-24-16-7-6-14(11-15(16)18)26(22,23)20(9-8-17(21)25-2)13-5-3-4-12(19)10-13/h3-7,10-11H,8-9H2,1-2H3. The fourth-order valence-corrected chi connectivity index (χ4v) is 4.06. The molecule has 0 saturated carbocycles. The van der Waals surface area contributed by atoms with E-state index in [0.717, 1.165) is 10.4 Å². The maximum atomic E-state index is 13.6. The van der Waals surface area contributed by atoms with E-state index in [2.05, 4.69) is 4.74 Å². The minimum Gasteiger partial charge on any atom is -0.495 e. The Morgan fingerprint density at radius 1 is 1.19 bits per heavy atom. The second-order valence-corrected chi connectivity index (χ2v) is 7.45. The molecular formula is C17H17ClFNO5S. The van der Waals surface area contributed by atoms with Gasteiger partial charge in [0.15, 0.2) is 0 Å². The van der Waals surface area contributed by atoms with Crippen molar-refractivity contribution in [3.8, 4) is 5.75 Å². The summed E-state index contributed by atoms with van der Waals surface area (Å²) in [4.78, 5) is 11.3. The first-order valence-electron chi connectivity index (χ1n) is 7.48. The molecule has 140 valence electrons. The highest BCUT2D eigenvalue weighted by Gasteiger charge is 2.27. The van der Waals surface area contributed by atoms with Crippen LogP contribution in [0.2, 0.25) is 5.02 Å². The fraction of sp³-hybridized carbons (Fsp3) is 0.235. The van der Waals surface area contributed by atoms with Crippen molar-refractivity contribution >= 4 is 33.3 Å². The number of carbonyl (C=O) groups excluding carboxylic acids is 1. The van der Waals surface area contributed by atoms with Gasteiger partial charge in [0.2, 0.25) is 0 Å². The average molecular weight is 402 g/mol. The predicted molar refractivity (Wildman–Crippen MR) is 95.6 cm³/mol. The van der Waals surface area contributed by atoms with E-state index in [1.165, 1.54) is 50.6 Å². The highest BCUT2D eigenvalue weighted by molar-refractivity contribution is 7.92. The number of hydrogen-bond acceptors (Lipinski definition) is 5. The summed E-state index contributed by atoms with van der Waals surface area (Å²) in [5.74, 6) is -0.875. The third-order valence-electron chi connectivity index (χ3n) is 3.55. The third-order valence-corrected chi connectivity index (χ3v) is 5.67. The van der Waals surface area contributed by atoms with Crippen molar-refractivity contribution in [2.45, 2.75) is 11.3 Å². The number of esters is 1. The number of rotatable bonds is 7. The molecule has 0 fully saturated rings. The van der Waals surface area contributed by atoms with Crippen LogP contribution in [0.4, 0.5) is 10.1 Å². The van der Waals surface area contributed by atoms with Crippen LogP contribution in [0.3, 0.4) is 0 Å². The molecule has 0 bridgehead atoms. The Morgan fingerprint density at radius 2 is 1.92 bits per heavy atom. The van der Waals surface area contributed by atoms with E-state index in [4.69, 9.17) is 16.3 Å². The number of benzene rings is 2. The predicted octanol–water partition coefficient (Wildman–Crippen LogP) is 3.25. The van der Waals surface area contributed by atoms with Crippen LogP contribution < -0.4 is 9.04 Å². The molecule has 0 spiro atoms. The fourth-order valence-electron chi connectivity index (χ4n) is 2.25. The Hall–Kier alpha value is -2.32. The maximum Gasteiger partial charge on any atom is 0.307 e. The summed E-state index contributed by atoms with van der Waals surface area (Å²) in [5.41, 5.74) is 0.0841. The number of halogens is 2. The molecule has 0 N–H and O–H groups in total. The molecule has 0 saturated heterocycles. The molecule has 0 unspecified atom stereocenters. The molecule has 0 amide bonds. The van der Waals surface area contributed by atoms with E-state index in [1.54, 1.807) is 0 Å². The van der Waals surface area contributed by atoms with E-state index in [1.807, 2.05) is 0 Å². The Balaban J connectivity index is 2.48. The molecule has 2 aromatic carbocycles. The van der Waals surface area contributed by atoms with Gasteiger partial charge in [-0.1, -0.05) is 17.7 Å². The molecule has 26 heavy (non-hydrogen) atoms. The van der Waals surface area contributed by atoms with E-state index in [0.29, 0.717) is 5.75 Å². The van der Waals surface area contributed by atoms with Crippen LogP contribution in [0.1, 0.15) is 6.42 Å². The second kappa shape index (κ2) is 8.37. The van der Waals surface area contributed by atoms with Crippen molar-refractivity contribution in [3.63, 3.8) is 0 Å². The lowest BCUT2D eigenvalue weighted by molar-refractivity contribution is -0.140. The number of ether oxygens (including phenoxy) is 2. The van der Waals surface area contributed by atoms with Crippen LogP contribution in [0.15, 0.2) is 47.4 Å². The van der Waals surface area contributed by atoms with E-state index in [-0.39, 0.29) is 28.6 Å². The molecule has 0 aliphatic carbocycles. The molecule has 0 atom stereocenters. The summed E-state index contributed by atoms with van der Waals surface area (Å²) in [6.07, 6.45) is -0.198. The van der Waals surface area contributed by atoms with E-state index < -0.39 is 21.8 Å². The quantitative estimate of drug-likeness (QED) is 0.666. The van der Waals surface area contributed by atoms with E-state index >= 15 is 0 Å². The van der Waals surface area contributed by atoms with Gasteiger partial charge in [0.25, 0.3) is 10.0 Å². The van der Waals surface area contributed by atoms with Crippen LogP contribution in [-0.4, -0.2) is 35.2 Å². The highest BCUT2D eigenvalue weighted by atomic mass is 35.5. The number of nitrogens with zero attached hydrogens (tertiary/aromatic N) is 1. The smallest absolute Gasteiger partial charge is 0.307 e. The molecule has 0 heterocycles. The zero-order valence-electron chi connectivity index (χ0n) is 14.1. The zero-order valence-corrected chi connectivity index (χ0v) is 15.7. The van der Waals surface area contributed by atoms with Gasteiger partial charge in [-0.15, -0.1) is 0 Å². The summed E-state index contributed by atoms with van der Waals surface area (Å²) in [5, 5.41) is 0.112. The number of methoxy groups -OCH3 is 2.